The molecule has 146 valence electrons. The Hall–Kier alpha value is -2.50. The monoisotopic (exact) mass is 396 g/mol. The normalized spacial score (nSPS) is 13.3. The molecule has 3 aromatic rings. The van der Waals surface area contributed by atoms with Crippen molar-refractivity contribution in [2.45, 2.75) is 25.9 Å². The number of hydrogen-bond donors (Lipinski definition) is 2. The third-order valence-electron chi connectivity index (χ3n) is 4.64. The van der Waals surface area contributed by atoms with Crippen LogP contribution >= 0.6 is 11.3 Å². The largest absolute Gasteiger partial charge is 0.343 e. The van der Waals surface area contributed by atoms with E-state index in [4.69, 9.17) is 0 Å². The molecule has 1 heterocycles. The number of benzene rings is 2. The highest BCUT2D eigenvalue weighted by molar-refractivity contribution is 7.10. The second-order valence-corrected chi connectivity index (χ2v) is 8.06. The van der Waals surface area contributed by atoms with E-state index in [1.54, 1.807) is 23.5 Å². The first-order valence-corrected chi connectivity index (χ1v) is 10.3. The van der Waals surface area contributed by atoms with Gasteiger partial charge in [0.1, 0.15) is 5.82 Å². The zero-order valence-electron chi connectivity index (χ0n) is 16.1. The lowest BCUT2D eigenvalue weighted by atomic mass is 9.96. The third kappa shape index (κ3) is 5.27. The van der Waals surface area contributed by atoms with Crippen molar-refractivity contribution in [2.75, 3.05) is 6.54 Å². The molecule has 0 aliphatic rings. The topological polar surface area (TPSA) is 41.1 Å². The van der Waals surface area contributed by atoms with Gasteiger partial charge in [-0.1, -0.05) is 62.4 Å². The molecule has 0 fully saturated rings. The van der Waals surface area contributed by atoms with Crippen LogP contribution in [0.1, 0.15) is 41.9 Å². The zero-order valence-corrected chi connectivity index (χ0v) is 16.9. The van der Waals surface area contributed by atoms with E-state index in [0.717, 1.165) is 16.0 Å². The Bertz CT molecular complexity index is 863. The summed E-state index contributed by atoms with van der Waals surface area (Å²) >= 11 is 1.62. The number of amides is 1. The van der Waals surface area contributed by atoms with Gasteiger partial charge in [0.15, 0.2) is 0 Å². The number of hydrogen-bond acceptors (Lipinski definition) is 3. The SMILES string of the molecule is CC(C)[C@H](NCC(=O)N[C@H](c1ccccc1)c1cccs1)c1ccc(F)cc1. The quantitative estimate of drug-likeness (QED) is 0.557. The molecule has 0 saturated heterocycles. The first kappa shape index (κ1) is 20.2. The molecule has 2 atom stereocenters. The van der Waals surface area contributed by atoms with Crippen LogP contribution in [0.15, 0.2) is 72.1 Å². The fraction of sp³-hybridized carbons (Fsp3) is 0.261. The van der Waals surface area contributed by atoms with Gasteiger partial charge in [-0.3, -0.25) is 4.79 Å². The lowest BCUT2D eigenvalue weighted by Gasteiger charge is -2.24. The van der Waals surface area contributed by atoms with E-state index < -0.39 is 0 Å². The van der Waals surface area contributed by atoms with Gasteiger partial charge in [-0.25, -0.2) is 4.39 Å². The van der Waals surface area contributed by atoms with Crippen molar-refractivity contribution in [1.29, 1.82) is 0 Å². The Balaban J connectivity index is 1.68. The van der Waals surface area contributed by atoms with Crippen molar-refractivity contribution in [1.82, 2.24) is 10.6 Å². The Morgan fingerprint density at radius 3 is 2.29 bits per heavy atom. The zero-order chi connectivity index (χ0) is 19.9. The van der Waals surface area contributed by atoms with Crippen molar-refractivity contribution in [3.63, 3.8) is 0 Å². The van der Waals surface area contributed by atoms with Crippen LogP contribution in [-0.4, -0.2) is 12.5 Å². The lowest BCUT2D eigenvalue weighted by molar-refractivity contribution is -0.120. The van der Waals surface area contributed by atoms with Gasteiger partial charge >= 0.3 is 0 Å². The smallest absolute Gasteiger partial charge is 0.234 e. The average Bonchev–Trinajstić information content (AvgIpc) is 3.22. The van der Waals surface area contributed by atoms with E-state index in [2.05, 4.69) is 24.5 Å². The van der Waals surface area contributed by atoms with Crippen LogP contribution in [0.2, 0.25) is 0 Å². The van der Waals surface area contributed by atoms with Gasteiger partial charge in [-0.05, 0) is 40.6 Å². The van der Waals surface area contributed by atoms with Crippen molar-refractivity contribution >= 4 is 17.2 Å². The molecular weight excluding hydrogens is 371 g/mol. The van der Waals surface area contributed by atoms with Gasteiger partial charge < -0.3 is 10.6 Å². The van der Waals surface area contributed by atoms with E-state index in [0.29, 0.717) is 0 Å². The predicted molar refractivity (Wildman–Crippen MR) is 113 cm³/mol. The highest BCUT2D eigenvalue weighted by Gasteiger charge is 2.20. The van der Waals surface area contributed by atoms with Gasteiger partial charge in [0, 0.05) is 10.9 Å². The molecule has 3 rings (SSSR count). The average molecular weight is 397 g/mol. The fourth-order valence-corrected chi connectivity index (χ4v) is 4.05. The van der Waals surface area contributed by atoms with Gasteiger partial charge in [0.2, 0.25) is 5.91 Å². The van der Waals surface area contributed by atoms with E-state index in [-0.39, 0.29) is 36.3 Å². The Labute approximate surface area is 169 Å². The number of nitrogens with one attached hydrogen (secondary N) is 2. The fourth-order valence-electron chi connectivity index (χ4n) is 3.24. The highest BCUT2D eigenvalue weighted by Crippen LogP contribution is 2.26. The molecule has 0 radical (unpaired) electrons. The molecule has 3 nitrogen and oxygen atoms in total. The summed E-state index contributed by atoms with van der Waals surface area (Å²) in [7, 11) is 0. The molecule has 0 unspecified atom stereocenters. The summed E-state index contributed by atoms with van der Waals surface area (Å²) < 4.78 is 13.2. The standard InChI is InChI=1S/C23H25FN2OS/c1-16(2)22(18-10-12-19(24)13-11-18)25-15-21(27)26-23(20-9-6-14-28-20)17-7-4-3-5-8-17/h3-14,16,22-23,25H,15H2,1-2H3,(H,26,27)/t22-,23+/m0/s1. The van der Waals surface area contributed by atoms with Crippen LogP contribution in [0.25, 0.3) is 0 Å². The van der Waals surface area contributed by atoms with Gasteiger partial charge in [0.25, 0.3) is 0 Å². The minimum Gasteiger partial charge on any atom is -0.343 e. The first-order chi connectivity index (χ1) is 13.5. The Morgan fingerprint density at radius 1 is 0.964 bits per heavy atom. The van der Waals surface area contributed by atoms with Crippen molar-refractivity contribution in [3.05, 3.63) is 93.9 Å². The van der Waals surface area contributed by atoms with Crippen LogP contribution in [0.3, 0.4) is 0 Å². The summed E-state index contributed by atoms with van der Waals surface area (Å²) in [4.78, 5) is 13.8. The highest BCUT2D eigenvalue weighted by atomic mass is 32.1. The summed E-state index contributed by atoms with van der Waals surface area (Å²) in [6, 6.07) is 20.2. The van der Waals surface area contributed by atoms with Crippen LogP contribution in [-0.2, 0) is 4.79 Å². The maximum Gasteiger partial charge on any atom is 0.234 e. The molecule has 0 aliphatic carbocycles. The predicted octanol–water partition coefficient (Wildman–Crippen LogP) is 5.08. The van der Waals surface area contributed by atoms with Crippen LogP contribution in [0, 0.1) is 11.7 Å². The summed E-state index contributed by atoms with van der Waals surface area (Å²) in [6.07, 6.45) is 0. The molecule has 28 heavy (non-hydrogen) atoms. The van der Waals surface area contributed by atoms with Crippen LogP contribution in [0.4, 0.5) is 4.39 Å². The molecule has 2 N–H and O–H groups in total. The minimum atomic E-state index is -0.259. The molecule has 1 amide bonds. The van der Waals surface area contributed by atoms with Crippen LogP contribution < -0.4 is 10.6 Å². The second kappa shape index (κ2) is 9.62. The summed E-state index contributed by atoms with van der Waals surface area (Å²) in [5, 5.41) is 8.48. The third-order valence-corrected chi connectivity index (χ3v) is 5.58. The van der Waals surface area contributed by atoms with Crippen molar-refractivity contribution in [3.8, 4) is 0 Å². The van der Waals surface area contributed by atoms with Crippen LogP contribution in [0.5, 0.6) is 0 Å². The number of halogens is 1. The number of carbonyl (C=O) groups is 1. The van der Waals surface area contributed by atoms with E-state index in [9.17, 15) is 9.18 Å². The van der Waals surface area contributed by atoms with E-state index in [1.807, 2.05) is 47.8 Å². The summed E-state index contributed by atoms with van der Waals surface area (Å²) in [6.45, 7) is 4.35. The Morgan fingerprint density at radius 2 is 1.68 bits per heavy atom. The summed E-state index contributed by atoms with van der Waals surface area (Å²) in [5.74, 6) is -0.0684. The van der Waals surface area contributed by atoms with Gasteiger partial charge in [-0.15, -0.1) is 11.3 Å². The number of thiophene rings is 1. The minimum absolute atomic E-state index is 0.0248. The molecule has 1 aromatic heterocycles. The maximum absolute atomic E-state index is 13.2. The second-order valence-electron chi connectivity index (χ2n) is 7.08. The Kier molecular flexibility index (Phi) is 6.95. The first-order valence-electron chi connectivity index (χ1n) is 9.41. The number of carbonyl (C=O) groups excluding carboxylic acids is 1. The summed E-state index contributed by atoms with van der Waals surface area (Å²) in [5.41, 5.74) is 2.03. The molecule has 0 saturated carbocycles. The molecule has 0 aliphatic heterocycles. The molecule has 2 aromatic carbocycles. The molecule has 0 bridgehead atoms. The molecule has 0 spiro atoms. The number of rotatable bonds is 8. The maximum atomic E-state index is 13.2. The molecular formula is C23H25FN2OS. The van der Waals surface area contributed by atoms with Gasteiger partial charge in [0.05, 0.1) is 12.6 Å². The lowest BCUT2D eigenvalue weighted by Crippen LogP contribution is -2.39. The van der Waals surface area contributed by atoms with Crippen molar-refractivity contribution in [2.24, 2.45) is 5.92 Å². The van der Waals surface area contributed by atoms with E-state index >= 15 is 0 Å². The van der Waals surface area contributed by atoms with Crippen molar-refractivity contribution < 1.29 is 9.18 Å². The molecule has 5 heteroatoms. The van der Waals surface area contributed by atoms with E-state index in [1.165, 1.54) is 12.1 Å². The van der Waals surface area contributed by atoms with Gasteiger partial charge in [-0.2, -0.15) is 0 Å².